The van der Waals surface area contributed by atoms with E-state index in [9.17, 15) is 0 Å². The van der Waals surface area contributed by atoms with Crippen LogP contribution in [-0.2, 0) is 6.54 Å². The van der Waals surface area contributed by atoms with Gasteiger partial charge in [-0.3, -0.25) is 4.98 Å². The van der Waals surface area contributed by atoms with Gasteiger partial charge in [0.1, 0.15) is 0 Å². The van der Waals surface area contributed by atoms with Crippen molar-refractivity contribution >= 4 is 44.3 Å². The van der Waals surface area contributed by atoms with Gasteiger partial charge in [-0.2, -0.15) is 0 Å². The number of nitrogens with one attached hydrogen (secondary N) is 1. The molecule has 20 heavy (non-hydrogen) atoms. The molecule has 100 valence electrons. The summed E-state index contributed by atoms with van der Waals surface area (Å²) in [4.78, 5) is 8.95. The van der Waals surface area contributed by atoms with Gasteiger partial charge in [0.2, 0.25) is 0 Å². The molecule has 3 rings (SSSR count). The number of benzene rings is 2. The molecule has 1 N–H and O–H groups in total. The molecule has 3 nitrogen and oxygen atoms in total. The highest BCUT2D eigenvalue weighted by atomic mass is 79.9. The molecule has 0 unspecified atom stereocenters. The summed E-state index contributed by atoms with van der Waals surface area (Å²) in [5, 5.41) is 3.94. The van der Waals surface area contributed by atoms with Crippen LogP contribution in [0.25, 0.3) is 11.0 Å². The van der Waals surface area contributed by atoms with Crippen LogP contribution in [0.4, 0.5) is 5.69 Å². The lowest BCUT2D eigenvalue weighted by Crippen LogP contribution is -2.03. The molecule has 0 spiro atoms. The second kappa shape index (κ2) is 5.77. The summed E-state index contributed by atoms with van der Waals surface area (Å²) in [5.74, 6) is 0. The molecule has 0 fully saturated rings. The fourth-order valence-electron chi connectivity index (χ4n) is 1.90. The van der Waals surface area contributed by atoms with Gasteiger partial charge in [0.05, 0.1) is 40.2 Å². The van der Waals surface area contributed by atoms with E-state index in [0.717, 1.165) is 26.9 Å². The minimum atomic E-state index is 0.583. The van der Waals surface area contributed by atoms with Crippen LogP contribution in [0.1, 0.15) is 5.69 Å². The molecule has 0 radical (unpaired) electrons. The third-order valence-electron chi connectivity index (χ3n) is 2.89. The summed E-state index contributed by atoms with van der Waals surface area (Å²) in [6.07, 6.45) is 1.78. The molecular formula is C15H11BrClN3. The zero-order valence-corrected chi connectivity index (χ0v) is 12.8. The second-order valence-corrected chi connectivity index (χ2v) is 5.65. The Morgan fingerprint density at radius 1 is 1.10 bits per heavy atom. The minimum absolute atomic E-state index is 0.583. The number of hydrogen-bond donors (Lipinski definition) is 1. The molecule has 0 saturated heterocycles. The lowest BCUT2D eigenvalue weighted by molar-refractivity contribution is 1.04. The number of nitrogens with zero attached hydrogens (tertiary/aromatic N) is 2. The third-order valence-corrected chi connectivity index (χ3v) is 3.70. The van der Waals surface area contributed by atoms with Crippen LogP contribution in [0.3, 0.4) is 0 Å². The maximum atomic E-state index is 6.16. The average Bonchev–Trinajstić information content (AvgIpc) is 2.46. The summed E-state index contributed by atoms with van der Waals surface area (Å²) >= 11 is 9.55. The highest BCUT2D eigenvalue weighted by Gasteiger charge is 2.03. The molecule has 0 aliphatic carbocycles. The monoisotopic (exact) mass is 347 g/mol. The van der Waals surface area contributed by atoms with Crippen molar-refractivity contribution in [1.82, 2.24) is 9.97 Å². The van der Waals surface area contributed by atoms with Gasteiger partial charge in [-0.05, 0) is 30.3 Å². The largest absolute Gasteiger partial charge is 0.378 e. The van der Waals surface area contributed by atoms with Gasteiger partial charge in [0, 0.05) is 4.47 Å². The molecule has 1 aromatic heterocycles. The van der Waals surface area contributed by atoms with Gasteiger partial charge in [0.15, 0.2) is 0 Å². The third kappa shape index (κ3) is 2.92. The highest BCUT2D eigenvalue weighted by Crippen LogP contribution is 2.25. The first-order valence-electron chi connectivity index (χ1n) is 6.12. The summed E-state index contributed by atoms with van der Waals surface area (Å²) < 4.78 is 0.957. The van der Waals surface area contributed by atoms with Gasteiger partial charge < -0.3 is 5.32 Å². The molecule has 0 bridgehead atoms. The van der Waals surface area contributed by atoms with Crippen LogP contribution < -0.4 is 5.32 Å². The van der Waals surface area contributed by atoms with Crippen molar-refractivity contribution in [3.63, 3.8) is 0 Å². The maximum Gasteiger partial charge on any atom is 0.0890 e. The summed E-state index contributed by atoms with van der Waals surface area (Å²) in [6, 6.07) is 13.6. The van der Waals surface area contributed by atoms with Gasteiger partial charge in [-0.1, -0.05) is 39.7 Å². The highest BCUT2D eigenvalue weighted by molar-refractivity contribution is 9.10. The smallest absolute Gasteiger partial charge is 0.0890 e. The molecular weight excluding hydrogens is 338 g/mol. The zero-order chi connectivity index (χ0) is 13.9. The van der Waals surface area contributed by atoms with Crippen molar-refractivity contribution in [2.75, 3.05) is 5.32 Å². The first-order valence-corrected chi connectivity index (χ1v) is 7.29. The van der Waals surface area contributed by atoms with Crippen LogP contribution in [-0.4, -0.2) is 9.97 Å². The van der Waals surface area contributed by atoms with Crippen molar-refractivity contribution in [2.24, 2.45) is 0 Å². The number of aromatic nitrogens is 2. The van der Waals surface area contributed by atoms with Crippen LogP contribution >= 0.6 is 27.5 Å². The van der Waals surface area contributed by atoms with Crippen molar-refractivity contribution in [3.8, 4) is 0 Å². The summed E-state index contributed by atoms with van der Waals surface area (Å²) in [6.45, 7) is 0.583. The summed E-state index contributed by atoms with van der Waals surface area (Å²) in [5.41, 5.74) is 3.55. The first kappa shape index (κ1) is 13.3. The van der Waals surface area contributed by atoms with E-state index < -0.39 is 0 Å². The molecule has 3 aromatic rings. The first-order chi connectivity index (χ1) is 9.72. The van der Waals surface area contributed by atoms with Crippen LogP contribution in [0.15, 0.2) is 53.1 Å². The Morgan fingerprint density at radius 3 is 2.70 bits per heavy atom. The molecule has 0 atom stereocenters. The van der Waals surface area contributed by atoms with Crippen molar-refractivity contribution in [1.29, 1.82) is 0 Å². The van der Waals surface area contributed by atoms with Crippen molar-refractivity contribution < 1.29 is 0 Å². The van der Waals surface area contributed by atoms with Crippen molar-refractivity contribution in [3.05, 3.63) is 63.9 Å². The van der Waals surface area contributed by atoms with Crippen LogP contribution in [0, 0.1) is 0 Å². The number of hydrogen-bond acceptors (Lipinski definition) is 3. The number of anilines is 1. The lowest BCUT2D eigenvalue weighted by Gasteiger charge is -2.08. The Labute approximate surface area is 130 Å². The number of rotatable bonds is 3. The predicted molar refractivity (Wildman–Crippen MR) is 86.0 cm³/mol. The number of para-hydroxylation sites is 2. The van der Waals surface area contributed by atoms with Gasteiger partial charge in [0.25, 0.3) is 0 Å². The van der Waals surface area contributed by atoms with Gasteiger partial charge >= 0.3 is 0 Å². The molecule has 1 heterocycles. The molecule has 2 aromatic carbocycles. The molecule has 5 heteroatoms. The normalized spacial score (nSPS) is 10.7. The number of fused-ring (bicyclic) bond motifs is 1. The molecule has 0 aliphatic rings. The standard InChI is InChI=1S/C15H11BrClN3/c16-10-5-6-13(12(17)7-10)18-8-11-9-19-14-3-1-2-4-15(14)20-11/h1-7,9,18H,8H2. The van der Waals surface area contributed by atoms with E-state index >= 15 is 0 Å². The number of halogens is 2. The molecule has 0 amide bonds. The Balaban J connectivity index is 1.79. The molecule has 0 saturated carbocycles. The van der Waals surface area contributed by atoms with E-state index in [0.29, 0.717) is 11.6 Å². The Kier molecular flexibility index (Phi) is 3.85. The van der Waals surface area contributed by atoms with Gasteiger partial charge in [-0.25, -0.2) is 4.98 Å². The Morgan fingerprint density at radius 2 is 1.90 bits per heavy atom. The van der Waals surface area contributed by atoms with E-state index in [2.05, 4.69) is 31.2 Å². The van der Waals surface area contributed by atoms with Crippen LogP contribution in [0.5, 0.6) is 0 Å². The Hall–Kier alpha value is -1.65. The Bertz CT molecular complexity index is 761. The van der Waals surface area contributed by atoms with Crippen LogP contribution in [0.2, 0.25) is 5.02 Å². The predicted octanol–water partition coefficient (Wildman–Crippen LogP) is 4.66. The summed E-state index contributed by atoms with van der Waals surface area (Å²) in [7, 11) is 0. The second-order valence-electron chi connectivity index (χ2n) is 4.33. The van der Waals surface area contributed by atoms with E-state index in [1.165, 1.54) is 0 Å². The fraction of sp³-hybridized carbons (Fsp3) is 0.0667. The van der Waals surface area contributed by atoms with E-state index in [4.69, 9.17) is 11.6 Å². The average molecular weight is 349 g/mol. The topological polar surface area (TPSA) is 37.8 Å². The maximum absolute atomic E-state index is 6.16. The van der Waals surface area contributed by atoms with E-state index in [1.807, 2.05) is 42.5 Å². The lowest BCUT2D eigenvalue weighted by atomic mass is 10.3. The SMILES string of the molecule is Clc1cc(Br)ccc1NCc1cnc2ccccc2n1. The van der Waals surface area contributed by atoms with Gasteiger partial charge in [-0.15, -0.1) is 0 Å². The van der Waals surface area contributed by atoms with Crippen molar-refractivity contribution in [2.45, 2.75) is 6.54 Å². The fourth-order valence-corrected chi connectivity index (χ4v) is 2.64. The zero-order valence-electron chi connectivity index (χ0n) is 10.5. The molecule has 0 aliphatic heterocycles. The minimum Gasteiger partial charge on any atom is -0.378 e. The van der Waals surface area contributed by atoms with E-state index in [-0.39, 0.29) is 0 Å². The quantitative estimate of drug-likeness (QED) is 0.748. The van der Waals surface area contributed by atoms with E-state index in [1.54, 1.807) is 6.20 Å².